The molecule has 0 bridgehead atoms. The number of fused-ring (bicyclic) bond motifs is 1. The van der Waals surface area contributed by atoms with E-state index < -0.39 is 23.2 Å². The van der Waals surface area contributed by atoms with Crippen LogP contribution in [0.5, 0.6) is 0 Å². The fraction of sp³-hybridized carbons (Fsp3) is 0.571. The molecule has 1 heterocycles. The molecule has 1 fully saturated rings. The maximum atomic E-state index is 14.0. The molecule has 1 aromatic heterocycles. The van der Waals surface area contributed by atoms with Crippen molar-refractivity contribution in [3.63, 3.8) is 0 Å². The lowest BCUT2D eigenvalue weighted by Crippen LogP contribution is -2.46. The van der Waals surface area contributed by atoms with Crippen LogP contribution in [0.3, 0.4) is 0 Å². The summed E-state index contributed by atoms with van der Waals surface area (Å²) >= 11 is 0. The van der Waals surface area contributed by atoms with Gasteiger partial charge in [-0.25, -0.2) is 18.3 Å². The fourth-order valence-electron chi connectivity index (χ4n) is 3.97. The Morgan fingerprint density at radius 2 is 1.79 bits per heavy atom. The van der Waals surface area contributed by atoms with E-state index >= 15 is 0 Å². The lowest BCUT2D eigenvalue weighted by molar-refractivity contribution is 0.165. The predicted molar refractivity (Wildman–Crippen MR) is 108 cm³/mol. The van der Waals surface area contributed by atoms with Gasteiger partial charge in [-0.15, -0.1) is 0 Å². The van der Waals surface area contributed by atoms with Crippen molar-refractivity contribution in [1.82, 2.24) is 20.0 Å². The number of rotatable bonds is 5. The number of nitrogens with zero attached hydrogens (tertiary/aromatic N) is 3. The summed E-state index contributed by atoms with van der Waals surface area (Å²) in [4.78, 5) is 27.1. The Bertz CT molecular complexity index is 967. The summed E-state index contributed by atoms with van der Waals surface area (Å²) in [6, 6.07) is 1.31. The summed E-state index contributed by atoms with van der Waals surface area (Å²) in [5, 5.41) is 7.66. The van der Waals surface area contributed by atoms with Crippen LogP contribution in [0.2, 0.25) is 0 Å². The third kappa shape index (κ3) is 4.41. The Balaban J connectivity index is 2.04. The number of benzene rings is 1. The first-order valence-electron chi connectivity index (χ1n) is 10.1. The minimum absolute atomic E-state index is 0.0453. The maximum absolute atomic E-state index is 14.0. The van der Waals surface area contributed by atoms with Crippen LogP contribution in [-0.4, -0.2) is 33.3 Å². The minimum atomic E-state index is -1.09. The predicted octanol–water partition coefficient (Wildman–Crippen LogP) is 3.88. The molecule has 0 radical (unpaired) electrons. The highest BCUT2D eigenvalue weighted by molar-refractivity contribution is 5.85. The standard InChI is InChI=1S/C21H28F2N4O2/c1-12(2)11-27(21(29)24-14-7-5-6-8-14)13(3)19-15-9-17(22)18(23)10-16(15)20(28)26(4)25-19/h9-10,12-14H,5-8,11H2,1-4H3,(H,24,29). The summed E-state index contributed by atoms with van der Waals surface area (Å²) in [6.07, 6.45) is 4.12. The molecular weight excluding hydrogens is 378 g/mol. The van der Waals surface area contributed by atoms with Crippen LogP contribution in [0.15, 0.2) is 16.9 Å². The van der Waals surface area contributed by atoms with E-state index in [1.54, 1.807) is 11.8 Å². The van der Waals surface area contributed by atoms with Crippen molar-refractivity contribution in [3.05, 3.63) is 39.8 Å². The van der Waals surface area contributed by atoms with Crippen molar-refractivity contribution >= 4 is 16.8 Å². The summed E-state index contributed by atoms with van der Waals surface area (Å²) in [7, 11) is 1.46. The van der Waals surface area contributed by atoms with Crippen LogP contribution in [0.1, 0.15) is 58.2 Å². The zero-order chi connectivity index (χ0) is 21.3. The van der Waals surface area contributed by atoms with E-state index in [1.165, 1.54) is 7.05 Å². The normalized spacial score (nSPS) is 15.8. The van der Waals surface area contributed by atoms with E-state index in [0.717, 1.165) is 42.5 Å². The zero-order valence-corrected chi connectivity index (χ0v) is 17.3. The Morgan fingerprint density at radius 3 is 2.38 bits per heavy atom. The highest BCUT2D eigenvalue weighted by Crippen LogP contribution is 2.28. The van der Waals surface area contributed by atoms with Gasteiger partial charge in [-0.1, -0.05) is 26.7 Å². The van der Waals surface area contributed by atoms with Crippen LogP contribution in [0.4, 0.5) is 13.6 Å². The first-order chi connectivity index (χ1) is 13.7. The highest BCUT2D eigenvalue weighted by atomic mass is 19.2. The van der Waals surface area contributed by atoms with E-state index in [4.69, 9.17) is 0 Å². The number of urea groups is 1. The third-order valence-electron chi connectivity index (χ3n) is 5.49. The van der Waals surface area contributed by atoms with Crippen molar-refractivity contribution in [3.8, 4) is 0 Å². The Morgan fingerprint density at radius 1 is 1.21 bits per heavy atom. The van der Waals surface area contributed by atoms with Crippen molar-refractivity contribution < 1.29 is 13.6 Å². The summed E-state index contributed by atoms with van der Waals surface area (Å²) in [5.74, 6) is -1.94. The quantitative estimate of drug-likeness (QED) is 0.819. The van der Waals surface area contributed by atoms with E-state index in [9.17, 15) is 18.4 Å². The Kier molecular flexibility index (Phi) is 6.19. The van der Waals surface area contributed by atoms with E-state index in [-0.39, 0.29) is 28.8 Å². The number of hydrogen-bond acceptors (Lipinski definition) is 3. The molecule has 1 aliphatic carbocycles. The van der Waals surface area contributed by atoms with Crippen LogP contribution >= 0.6 is 0 Å². The first kappa shape index (κ1) is 21.2. The number of amides is 2. The van der Waals surface area contributed by atoms with Crippen molar-refractivity contribution in [2.24, 2.45) is 13.0 Å². The molecule has 1 atom stereocenters. The second kappa shape index (κ2) is 8.47. The molecular formula is C21H28F2N4O2. The Hall–Kier alpha value is -2.51. The molecule has 0 saturated heterocycles. The van der Waals surface area contributed by atoms with Crippen LogP contribution in [0.25, 0.3) is 10.8 Å². The lowest BCUT2D eigenvalue weighted by atomic mass is 10.0. The topological polar surface area (TPSA) is 67.2 Å². The number of carbonyl (C=O) groups excluding carboxylic acids is 1. The van der Waals surface area contributed by atoms with Gasteiger partial charge in [0.05, 0.1) is 17.1 Å². The summed E-state index contributed by atoms with van der Waals surface area (Å²) < 4.78 is 28.8. The summed E-state index contributed by atoms with van der Waals surface area (Å²) in [5.41, 5.74) is -0.149. The van der Waals surface area contributed by atoms with E-state index in [2.05, 4.69) is 10.4 Å². The van der Waals surface area contributed by atoms with E-state index in [1.807, 2.05) is 13.8 Å². The van der Waals surface area contributed by atoms with Gasteiger partial charge in [0.2, 0.25) is 0 Å². The van der Waals surface area contributed by atoms with Gasteiger partial charge in [-0.2, -0.15) is 5.10 Å². The number of nitrogens with one attached hydrogen (secondary N) is 1. The van der Waals surface area contributed by atoms with Gasteiger partial charge in [-0.05, 0) is 37.8 Å². The molecule has 1 aromatic carbocycles. The van der Waals surface area contributed by atoms with Gasteiger partial charge in [-0.3, -0.25) is 4.79 Å². The second-order valence-electron chi connectivity index (χ2n) is 8.28. The molecule has 158 valence electrons. The molecule has 0 spiro atoms. The SMILES string of the molecule is CC(C)CN(C(=O)NC1CCCC1)C(C)c1nn(C)c(=O)c2cc(F)c(F)cc12. The number of carbonyl (C=O) groups is 1. The monoisotopic (exact) mass is 406 g/mol. The smallest absolute Gasteiger partial charge is 0.318 e. The molecule has 1 N–H and O–H groups in total. The molecule has 2 aromatic rings. The van der Waals surface area contributed by atoms with Crippen LogP contribution in [-0.2, 0) is 7.05 Å². The van der Waals surface area contributed by atoms with Gasteiger partial charge >= 0.3 is 6.03 Å². The zero-order valence-electron chi connectivity index (χ0n) is 17.3. The molecule has 3 rings (SSSR count). The first-order valence-corrected chi connectivity index (χ1v) is 10.1. The number of halogens is 2. The molecule has 1 aliphatic rings. The second-order valence-corrected chi connectivity index (χ2v) is 8.28. The fourth-order valence-corrected chi connectivity index (χ4v) is 3.97. The molecule has 29 heavy (non-hydrogen) atoms. The van der Waals surface area contributed by atoms with Crippen LogP contribution in [0, 0.1) is 17.6 Å². The highest BCUT2D eigenvalue weighted by Gasteiger charge is 2.28. The van der Waals surface area contributed by atoms with Crippen molar-refractivity contribution in [2.75, 3.05) is 6.54 Å². The Labute approximate surface area is 168 Å². The summed E-state index contributed by atoms with van der Waals surface area (Å²) in [6.45, 7) is 6.27. The average molecular weight is 406 g/mol. The van der Waals surface area contributed by atoms with Gasteiger partial charge in [0.15, 0.2) is 11.6 Å². The number of aromatic nitrogens is 2. The van der Waals surface area contributed by atoms with Gasteiger partial charge in [0.25, 0.3) is 5.56 Å². The lowest BCUT2D eigenvalue weighted by Gasteiger charge is -2.32. The van der Waals surface area contributed by atoms with Crippen molar-refractivity contribution in [2.45, 2.75) is 58.5 Å². The third-order valence-corrected chi connectivity index (χ3v) is 5.49. The molecule has 2 amide bonds. The molecule has 1 unspecified atom stereocenters. The van der Waals surface area contributed by atoms with Crippen LogP contribution < -0.4 is 10.9 Å². The van der Waals surface area contributed by atoms with Crippen molar-refractivity contribution in [1.29, 1.82) is 0 Å². The molecule has 6 nitrogen and oxygen atoms in total. The molecule has 1 saturated carbocycles. The molecule has 8 heteroatoms. The van der Waals surface area contributed by atoms with Gasteiger partial charge in [0.1, 0.15) is 0 Å². The van der Waals surface area contributed by atoms with Gasteiger partial charge in [0, 0.05) is 25.0 Å². The number of aryl methyl sites for hydroxylation is 1. The molecule has 0 aliphatic heterocycles. The van der Waals surface area contributed by atoms with E-state index in [0.29, 0.717) is 12.2 Å². The average Bonchev–Trinajstić information content (AvgIpc) is 3.16. The van der Waals surface area contributed by atoms with Gasteiger partial charge < -0.3 is 10.2 Å². The maximum Gasteiger partial charge on any atom is 0.318 e. The minimum Gasteiger partial charge on any atom is -0.335 e. The number of hydrogen-bond donors (Lipinski definition) is 1. The largest absolute Gasteiger partial charge is 0.335 e.